The number of ether oxygens (including phenoxy) is 2. The molecule has 1 aromatic carbocycles. The fraction of sp³-hybridized carbons (Fsp3) is 0.0526. The van der Waals surface area contributed by atoms with E-state index in [1.807, 2.05) is 23.8 Å². The van der Waals surface area contributed by atoms with Gasteiger partial charge in [0, 0.05) is 17.0 Å². The summed E-state index contributed by atoms with van der Waals surface area (Å²) in [5.74, 6) is 0.436. The zero-order valence-corrected chi connectivity index (χ0v) is 14.8. The number of esters is 1. The molecule has 0 atom stereocenters. The van der Waals surface area contributed by atoms with E-state index in [0.717, 1.165) is 10.4 Å². The van der Waals surface area contributed by atoms with E-state index in [-0.39, 0.29) is 11.5 Å². The molecule has 0 aliphatic carbocycles. The molecule has 0 amide bonds. The lowest BCUT2D eigenvalue weighted by molar-refractivity contribution is 0.0739. The number of hydrogen-bond acceptors (Lipinski definition) is 6. The predicted octanol–water partition coefficient (Wildman–Crippen LogP) is 4.95. The first-order chi connectivity index (χ1) is 12.1. The van der Waals surface area contributed by atoms with Crippen molar-refractivity contribution in [2.75, 3.05) is 0 Å². The fourth-order valence-electron chi connectivity index (χ4n) is 2.43. The average molecular weight is 368 g/mol. The first kappa shape index (κ1) is 15.8. The Labute approximate surface area is 152 Å². The molecule has 3 heterocycles. The van der Waals surface area contributed by atoms with Gasteiger partial charge in [0.2, 0.25) is 5.78 Å². The van der Waals surface area contributed by atoms with Crippen molar-refractivity contribution in [3.63, 3.8) is 0 Å². The second kappa shape index (κ2) is 6.31. The maximum Gasteiger partial charge on any atom is 0.353 e. The Morgan fingerprint density at radius 3 is 2.76 bits per heavy atom. The van der Waals surface area contributed by atoms with Crippen molar-refractivity contribution in [2.45, 2.75) is 6.92 Å². The van der Waals surface area contributed by atoms with E-state index in [0.29, 0.717) is 21.9 Å². The van der Waals surface area contributed by atoms with Gasteiger partial charge in [-0.2, -0.15) is 0 Å². The average Bonchev–Trinajstić information content (AvgIpc) is 3.31. The van der Waals surface area contributed by atoms with Crippen LogP contribution >= 0.6 is 22.7 Å². The monoisotopic (exact) mass is 368 g/mol. The first-order valence-electron chi connectivity index (χ1n) is 7.50. The summed E-state index contributed by atoms with van der Waals surface area (Å²) < 4.78 is 11.0. The summed E-state index contributed by atoms with van der Waals surface area (Å²) in [7, 11) is 0. The van der Waals surface area contributed by atoms with E-state index < -0.39 is 5.97 Å². The van der Waals surface area contributed by atoms with Crippen LogP contribution in [-0.2, 0) is 0 Å². The van der Waals surface area contributed by atoms with Crippen LogP contribution in [0.15, 0.2) is 52.9 Å². The van der Waals surface area contributed by atoms with Crippen LogP contribution in [-0.4, -0.2) is 11.8 Å². The summed E-state index contributed by atoms with van der Waals surface area (Å²) >= 11 is 2.86. The van der Waals surface area contributed by atoms with Gasteiger partial charge in [0.1, 0.15) is 16.4 Å². The summed E-state index contributed by atoms with van der Waals surface area (Å²) in [6.07, 6.45) is 1.75. The molecule has 3 aromatic rings. The molecule has 0 fully saturated rings. The van der Waals surface area contributed by atoms with Gasteiger partial charge in [-0.25, -0.2) is 4.79 Å². The Morgan fingerprint density at radius 1 is 1.16 bits per heavy atom. The molecule has 1 aliphatic rings. The smallest absolute Gasteiger partial charge is 0.353 e. The zero-order chi connectivity index (χ0) is 17.4. The Hall–Kier alpha value is -2.70. The topological polar surface area (TPSA) is 52.6 Å². The molecule has 0 N–H and O–H groups in total. The van der Waals surface area contributed by atoms with Crippen LogP contribution in [0, 0.1) is 6.92 Å². The number of Topliss-reactive ketones (excluding diaryl/α,β-unsaturated/α-hetero) is 1. The van der Waals surface area contributed by atoms with Gasteiger partial charge in [0.05, 0.1) is 5.56 Å². The second-order valence-corrected chi connectivity index (χ2v) is 7.33. The molecular weight excluding hydrogens is 356 g/mol. The van der Waals surface area contributed by atoms with Gasteiger partial charge in [-0.15, -0.1) is 22.7 Å². The molecule has 0 radical (unpaired) electrons. The van der Waals surface area contributed by atoms with Crippen LogP contribution in [0.1, 0.15) is 30.5 Å². The van der Waals surface area contributed by atoms with Crippen LogP contribution in [0.2, 0.25) is 0 Å². The molecule has 1 aliphatic heterocycles. The van der Waals surface area contributed by atoms with Crippen molar-refractivity contribution in [3.05, 3.63) is 73.8 Å². The molecule has 0 spiro atoms. The highest BCUT2D eigenvalue weighted by Gasteiger charge is 2.28. The third-order valence-electron chi connectivity index (χ3n) is 3.74. The van der Waals surface area contributed by atoms with Gasteiger partial charge >= 0.3 is 5.97 Å². The van der Waals surface area contributed by atoms with Crippen LogP contribution in [0.25, 0.3) is 6.08 Å². The fourth-order valence-corrected chi connectivity index (χ4v) is 3.88. The minimum Gasteiger partial charge on any atom is -0.452 e. The highest BCUT2D eigenvalue weighted by atomic mass is 32.1. The summed E-state index contributed by atoms with van der Waals surface area (Å²) in [4.78, 5) is 26.0. The van der Waals surface area contributed by atoms with Crippen molar-refractivity contribution in [3.8, 4) is 11.5 Å². The van der Waals surface area contributed by atoms with Gasteiger partial charge in [0.25, 0.3) is 0 Å². The molecule has 2 aromatic heterocycles. The minimum atomic E-state index is -0.427. The highest BCUT2D eigenvalue weighted by Crippen LogP contribution is 2.35. The Balaban J connectivity index is 1.58. The number of carbonyl (C=O) groups excluding carboxylic acids is 2. The number of carbonyl (C=O) groups is 2. The van der Waals surface area contributed by atoms with Crippen LogP contribution in [0.3, 0.4) is 0 Å². The number of ketones is 1. The van der Waals surface area contributed by atoms with Crippen molar-refractivity contribution in [1.82, 2.24) is 0 Å². The van der Waals surface area contributed by atoms with Gasteiger partial charge in [-0.05, 0) is 47.5 Å². The van der Waals surface area contributed by atoms with Crippen molar-refractivity contribution in [1.29, 1.82) is 0 Å². The Morgan fingerprint density at radius 2 is 2.04 bits per heavy atom. The maximum atomic E-state index is 12.5. The van der Waals surface area contributed by atoms with Crippen LogP contribution in [0.4, 0.5) is 0 Å². The molecule has 4 nitrogen and oxygen atoms in total. The summed E-state index contributed by atoms with van der Waals surface area (Å²) in [6.45, 7) is 1.98. The minimum absolute atomic E-state index is 0.168. The SMILES string of the molecule is Cc1ccsc1C=C1Oc2cc(OC(=O)c3cccs3)ccc2C1=O. The maximum absolute atomic E-state index is 12.5. The third kappa shape index (κ3) is 3.01. The molecule has 0 bridgehead atoms. The zero-order valence-electron chi connectivity index (χ0n) is 13.1. The van der Waals surface area contributed by atoms with E-state index >= 15 is 0 Å². The molecule has 124 valence electrons. The molecule has 0 unspecified atom stereocenters. The van der Waals surface area contributed by atoms with E-state index in [2.05, 4.69) is 0 Å². The Kier molecular flexibility index (Phi) is 3.99. The quantitative estimate of drug-likeness (QED) is 0.373. The lowest BCUT2D eigenvalue weighted by Gasteiger charge is -2.04. The van der Waals surface area contributed by atoms with E-state index in [1.54, 1.807) is 47.7 Å². The molecular formula is C19H12O4S2. The number of fused-ring (bicyclic) bond motifs is 1. The van der Waals surface area contributed by atoms with Crippen LogP contribution in [0.5, 0.6) is 11.5 Å². The number of hydrogen-bond donors (Lipinski definition) is 0. The van der Waals surface area contributed by atoms with E-state index in [4.69, 9.17) is 9.47 Å². The second-order valence-electron chi connectivity index (χ2n) is 5.43. The van der Waals surface area contributed by atoms with Gasteiger partial charge in [-0.1, -0.05) is 6.07 Å². The Bertz CT molecular complexity index is 996. The molecule has 6 heteroatoms. The largest absolute Gasteiger partial charge is 0.452 e. The molecule has 25 heavy (non-hydrogen) atoms. The lowest BCUT2D eigenvalue weighted by atomic mass is 10.1. The third-order valence-corrected chi connectivity index (χ3v) is 5.55. The molecule has 0 saturated heterocycles. The number of aryl methyl sites for hydroxylation is 1. The normalized spacial score (nSPS) is 14.4. The standard InChI is InChI=1S/C19H12O4S2/c1-11-6-8-25-17(11)10-15-18(20)13-5-4-12(9-14(13)23-15)22-19(21)16-3-2-7-24-16/h2-10H,1H3. The summed E-state index contributed by atoms with van der Waals surface area (Å²) in [5.41, 5.74) is 1.56. The summed E-state index contributed by atoms with van der Waals surface area (Å²) in [5, 5.41) is 3.78. The van der Waals surface area contributed by atoms with Gasteiger partial charge in [0.15, 0.2) is 5.76 Å². The highest BCUT2D eigenvalue weighted by molar-refractivity contribution is 7.12. The van der Waals surface area contributed by atoms with Gasteiger partial charge in [-0.3, -0.25) is 4.79 Å². The number of allylic oxidation sites excluding steroid dienone is 1. The van der Waals surface area contributed by atoms with E-state index in [9.17, 15) is 9.59 Å². The van der Waals surface area contributed by atoms with E-state index in [1.165, 1.54) is 11.3 Å². The van der Waals surface area contributed by atoms with Crippen molar-refractivity contribution < 1.29 is 19.1 Å². The van der Waals surface area contributed by atoms with Crippen LogP contribution < -0.4 is 9.47 Å². The first-order valence-corrected chi connectivity index (χ1v) is 9.26. The number of benzene rings is 1. The number of thiophene rings is 2. The molecule has 0 saturated carbocycles. The van der Waals surface area contributed by atoms with Crippen molar-refractivity contribution >= 4 is 40.5 Å². The van der Waals surface area contributed by atoms with Crippen molar-refractivity contribution in [2.24, 2.45) is 0 Å². The van der Waals surface area contributed by atoms with Gasteiger partial charge < -0.3 is 9.47 Å². The molecule has 4 rings (SSSR count). The number of rotatable bonds is 3. The summed E-state index contributed by atoms with van der Waals surface area (Å²) in [6, 6.07) is 10.3. The predicted molar refractivity (Wildman–Crippen MR) is 97.7 cm³/mol. The lowest BCUT2D eigenvalue weighted by Crippen LogP contribution is -2.06.